The van der Waals surface area contributed by atoms with Gasteiger partial charge in [-0.05, 0) is 66.7 Å². The summed E-state index contributed by atoms with van der Waals surface area (Å²) >= 11 is 8.35. The molecule has 5 heteroatoms. The molecular weight excluding hydrogens is 363 g/mol. The second-order valence-corrected chi connectivity index (χ2v) is 6.32. The van der Waals surface area contributed by atoms with Gasteiger partial charge in [-0.2, -0.15) is 0 Å². The molecule has 2 rings (SSSR count). The van der Waals surface area contributed by atoms with Crippen LogP contribution in [0, 0.1) is 3.57 Å². The van der Waals surface area contributed by atoms with Crippen LogP contribution in [0.2, 0.25) is 5.02 Å². The number of nitrogens with one attached hydrogen (secondary N) is 1. The molecule has 1 unspecified atom stereocenters. The molecule has 0 spiro atoms. The zero-order valence-corrected chi connectivity index (χ0v) is 13.1. The van der Waals surface area contributed by atoms with E-state index in [4.69, 9.17) is 11.6 Å². The maximum atomic E-state index is 9.97. The van der Waals surface area contributed by atoms with Crippen LogP contribution in [0.5, 0.6) is 0 Å². The standard InChI is InChI=1S/C13H18ClIN2O/c14-12-7-10(15)3-4-13(12)16-8-11(18)9-17-5-1-2-6-17/h3-4,7,11,16,18H,1-2,5-6,8-9H2. The van der Waals surface area contributed by atoms with Crippen molar-refractivity contribution in [2.45, 2.75) is 18.9 Å². The van der Waals surface area contributed by atoms with Crippen LogP contribution in [0.1, 0.15) is 12.8 Å². The molecule has 1 aromatic carbocycles. The molecule has 1 fully saturated rings. The largest absolute Gasteiger partial charge is 0.390 e. The molecule has 2 N–H and O–H groups in total. The average Bonchev–Trinajstić information content (AvgIpc) is 2.80. The highest BCUT2D eigenvalue weighted by Gasteiger charge is 2.15. The van der Waals surface area contributed by atoms with Crippen LogP contribution in [-0.2, 0) is 0 Å². The molecule has 3 nitrogen and oxygen atoms in total. The number of hydrogen-bond donors (Lipinski definition) is 2. The van der Waals surface area contributed by atoms with Crippen molar-refractivity contribution in [2.75, 3.05) is 31.5 Å². The Bertz CT molecular complexity index is 397. The molecule has 1 aliphatic heterocycles. The van der Waals surface area contributed by atoms with Crippen LogP contribution in [-0.4, -0.2) is 42.3 Å². The molecule has 1 atom stereocenters. The average molecular weight is 381 g/mol. The number of benzene rings is 1. The Morgan fingerprint density at radius 1 is 1.39 bits per heavy atom. The number of nitrogens with zero attached hydrogens (tertiary/aromatic N) is 1. The third-order valence-electron chi connectivity index (χ3n) is 3.13. The molecule has 0 saturated carbocycles. The van der Waals surface area contributed by atoms with Crippen molar-refractivity contribution in [1.82, 2.24) is 4.90 Å². The van der Waals surface area contributed by atoms with E-state index < -0.39 is 0 Å². The number of halogens is 2. The first-order valence-corrected chi connectivity index (χ1v) is 7.70. The van der Waals surface area contributed by atoms with Crippen LogP contribution in [0.15, 0.2) is 18.2 Å². The van der Waals surface area contributed by atoms with E-state index in [1.165, 1.54) is 12.8 Å². The highest BCUT2D eigenvalue weighted by molar-refractivity contribution is 14.1. The van der Waals surface area contributed by atoms with Crippen LogP contribution < -0.4 is 5.32 Å². The minimum Gasteiger partial charge on any atom is -0.390 e. The molecule has 18 heavy (non-hydrogen) atoms. The van der Waals surface area contributed by atoms with Gasteiger partial charge >= 0.3 is 0 Å². The molecular formula is C13H18ClIN2O. The van der Waals surface area contributed by atoms with Crippen LogP contribution in [0.25, 0.3) is 0 Å². The first-order valence-electron chi connectivity index (χ1n) is 6.24. The summed E-state index contributed by atoms with van der Waals surface area (Å²) in [6.45, 7) is 3.51. The van der Waals surface area contributed by atoms with Gasteiger partial charge in [0.15, 0.2) is 0 Å². The summed E-state index contributed by atoms with van der Waals surface area (Å²) < 4.78 is 1.11. The topological polar surface area (TPSA) is 35.5 Å². The van der Waals surface area contributed by atoms with E-state index in [9.17, 15) is 5.11 Å². The second kappa shape index (κ2) is 6.93. The molecule has 1 aromatic rings. The number of hydrogen-bond acceptors (Lipinski definition) is 3. The normalized spacial score (nSPS) is 17.9. The molecule has 1 heterocycles. The van der Waals surface area contributed by atoms with E-state index >= 15 is 0 Å². The monoisotopic (exact) mass is 380 g/mol. The first kappa shape index (κ1) is 14.4. The molecule has 0 amide bonds. The molecule has 0 aromatic heterocycles. The highest BCUT2D eigenvalue weighted by Crippen LogP contribution is 2.23. The first-order chi connectivity index (χ1) is 8.65. The van der Waals surface area contributed by atoms with E-state index in [-0.39, 0.29) is 6.10 Å². The van der Waals surface area contributed by atoms with Crippen molar-refractivity contribution in [2.24, 2.45) is 0 Å². The number of rotatable bonds is 5. The van der Waals surface area contributed by atoms with E-state index in [0.717, 1.165) is 28.9 Å². The van der Waals surface area contributed by atoms with Gasteiger partial charge in [-0.1, -0.05) is 11.6 Å². The van der Waals surface area contributed by atoms with Crippen molar-refractivity contribution >= 4 is 39.9 Å². The number of likely N-dealkylation sites (tertiary alicyclic amines) is 1. The Balaban J connectivity index is 1.79. The Hall–Kier alpha value is -0.0400. The van der Waals surface area contributed by atoms with E-state index in [1.807, 2.05) is 18.2 Å². The molecule has 100 valence electrons. The van der Waals surface area contributed by atoms with Gasteiger partial charge in [0.1, 0.15) is 0 Å². The molecule has 0 aliphatic carbocycles. The summed E-state index contributed by atoms with van der Waals surface area (Å²) in [4.78, 5) is 2.31. The van der Waals surface area contributed by atoms with Gasteiger partial charge < -0.3 is 15.3 Å². The Kier molecular flexibility index (Phi) is 5.54. The summed E-state index contributed by atoms with van der Waals surface area (Å²) in [6, 6.07) is 5.87. The summed E-state index contributed by atoms with van der Waals surface area (Å²) in [5, 5.41) is 13.9. The Morgan fingerprint density at radius 3 is 2.78 bits per heavy atom. The van der Waals surface area contributed by atoms with Gasteiger partial charge in [0, 0.05) is 16.7 Å². The van der Waals surface area contributed by atoms with Gasteiger partial charge in [0.2, 0.25) is 0 Å². The number of aliphatic hydroxyl groups excluding tert-OH is 1. The lowest BCUT2D eigenvalue weighted by Gasteiger charge is -2.20. The van der Waals surface area contributed by atoms with Gasteiger partial charge in [-0.3, -0.25) is 0 Å². The maximum Gasteiger partial charge on any atom is 0.0839 e. The van der Waals surface area contributed by atoms with Gasteiger partial charge in [0.25, 0.3) is 0 Å². The lowest BCUT2D eigenvalue weighted by atomic mass is 10.3. The third kappa shape index (κ3) is 4.26. The summed E-state index contributed by atoms with van der Waals surface area (Å²) in [5.74, 6) is 0. The van der Waals surface area contributed by atoms with E-state index in [2.05, 4.69) is 32.8 Å². The fourth-order valence-electron chi connectivity index (χ4n) is 2.19. The minimum absolute atomic E-state index is 0.349. The van der Waals surface area contributed by atoms with Crippen molar-refractivity contribution in [3.8, 4) is 0 Å². The maximum absolute atomic E-state index is 9.97. The van der Waals surface area contributed by atoms with Crippen molar-refractivity contribution in [3.63, 3.8) is 0 Å². The molecule has 1 saturated heterocycles. The molecule has 0 bridgehead atoms. The summed E-state index contributed by atoms with van der Waals surface area (Å²) in [6.07, 6.45) is 2.16. The lowest BCUT2D eigenvalue weighted by Crippen LogP contribution is -2.34. The summed E-state index contributed by atoms with van der Waals surface area (Å²) in [5.41, 5.74) is 0.887. The van der Waals surface area contributed by atoms with E-state index in [1.54, 1.807) is 0 Å². The fourth-order valence-corrected chi connectivity index (χ4v) is 3.11. The Morgan fingerprint density at radius 2 is 2.11 bits per heavy atom. The zero-order valence-electron chi connectivity index (χ0n) is 10.2. The quantitative estimate of drug-likeness (QED) is 0.771. The van der Waals surface area contributed by atoms with Crippen LogP contribution in [0.3, 0.4) is 0 Å². The number of aliphatic hydroxyl groups is 1. The number of anilines is 1. The fraction of sp³-hybridized carbons (Fsp3) is 0.538. The third-order valence-corrected chi connectivity index (χ3v) is 4.11. The van der Waals surface area contributed by atoms with E-state index in [0.29, 0.717) is 11.6 Å². The van der Waals surface area contributed by atoms with Gasteiger partial charge in [-0.15, -0.1) is 0 Å². The highest BCUT2D eigenvalue weighted by atomic mass is 127. The zero-order chi connectivity index (χ0) is 13.0. The second-order valence-electron chi connectivity index (χ2n) is 4.67. The Labute approximate surface area is 127 Å². The predicted molar refractivity (Wildman–Crippen MR) is 84.3 cm³/mol. The van der Waals surface area contributed by atoms with Crippen LogP contribution in [0.4, 0.5) is 5.69 Å². The van der Waals surface area contributed by atoms with Crippen LogP contribution >= 0.6 is 34.2 Å². The SMILES string of the molecule is OC(CNc1ccc(I)cc1Cl)CN1CCCC1. The van der Waals surface area contributed by atoms with Crippen molar-refractivity contribution in [1.29, 1.82) is 0 Å². The lowest BCUT2D eigenvalue weighted by molar-refractivity contribution is 0.135. The predicted octanol–water partition coefficient (Wildman–Crippen LogP) is 2.81. The van der Waals surface area contributed by atoms with Gasteiger partial charge in [0.05, 0.1) is 16.8 Å². The van der Waals surface area contributed by atoms with Crippen molar-refractivity contribution < 1.29 is 5.11 Å². The van der Waals surface area contributed by atoms with Gasteiger partial charge in [-0.25, -0.2) is 0 Å². The number of β-amino-alcohol motifs (C(OH)–C–C–N with tert-alkyl or cyclic N) is 1. The smallest absolute Gasteiger partial charge is 0.0839 e. The molecule has 0 radical (unpaired) electrons. The minimum atomic E-state index is -0.349. The summed E-state index contributed by atoms with van der Waals surface area (Å²) in [7, 11) is 0. The van der Waals surface area contributed by atoms with Crippen molar-refractivity contribution in [3.05, 3.63) is 26.8 Å². The molecule has 1 aliphatic rings.